The van der Waals surface area contributed by atoms with E-state index in [9.17, 15) is 9.59 Å². The Labute approximate surface area is 177 Å². The van der Waals surface area contributed by atoms with Crippen LogP contribution in [0.5, 0.6) is 11.5 Å². The van der Waals surface area contributed by atoms with Crippen molar-refractivity contribution in [2.45, 2.75) is 11.7 Å². The lowest BCUT2D eigenvalue weighted by molar-refractivity contribution is -0.128. The zero-order valence-electron chi connectivity index (χ0n) is 15.7. The van der Waals surface area contributed by atoms with Crippen molar-refractivity contribution in [2.75, 3.05) is 23.6 Å². The molecule has 0 radical (unpaired) electrons. The Morgan fingerprint density at radius 2 is 2.03 bits per heavy atom. The van der Waals surface area contributed by atoms with Gasteiger partial charge in [0.1, 0.15) is 5.60 Å². The zero-order chi connectivity index (χ0) is 20.5. The van der Waals surface area contributed by atoms with Crippen LogP contribution in [0, 0.1) is 11.8 Å². The topological polar surface area (TPSA) is 77.1 Å². The number of carbonyl (C=O) groups excluding carboxylic acids is 2. The number of anilines is 2. The highest BCUT2D eigenvalue weighted by Gasteiger charge is 2.67. The minimum Gasteiger partial charge on any atom is -0.454 e. The van der Waals surface area contributed by atoms with Crippen molar-refractivity contribution >= 4 is 34.8 Å². The van der Waals surface area contributed by atoms with Crippen molar-refractivity contribution in [3.05, 3.63) is 59.6 Å². The van der Waals surface area contributed by atoms with Crippen LogP contribution >= 0.6 is 11.6 Å². The van der Waals surface area contributed by atoms with E-state index in [0.29, 0.717) is 34.4 Å². The van der Waals surface area contributed by atoms with E-state index in [1.54, 1.807) is 41.3 Å². The van der Waals surface area contributed by atoms with Crippen LogP contribution in [0.15, 0.2) is 54.6 Å². The van der Waals surface area contributed by atoms with Crippen molar-refractivity contribution in [1.29, 1.82) is 0 Å². The number of carbonyl (C=O) groups is 2. The second kappa shape index (κ2) is 6.23. The number of nitrogens with zero attached hydrogens (tertiary/aromatic N) is 1. The number of nitrogens with one attached hydrogen (secondary N) is 1. The van der Waals surface area contributed by atoms with E-state index in [1.165, 1.54) is 0 Å². The number of halogens is 1. The molecule has 4 aliphatic rings. The fraction of sp³-hybridized carbons (Fsp3) is 0.273. The van der Waals surface area contributed by atoms with Gasteiger partial charge in [-0.25, -0.2) is 0 Å². The molecule has 2 fully saturated rings. The first kappa shape index (κ1) is 17.8. The third kappa shape index (κ3) is 2.49. The first-order valence-corrected chi connectivity index (χ1v) is 10.1. The van der Waals surface area contributed by atoms with Gasteiger partial charge >= 0.3 is 0 Å². The van der Waals surface area contributed by atoms with Crippen LogP contribution in [-0.2, 0) is 14.3 Å². The fourth-order valence-electron chi connectivity index (χ4n) is 4.86. The lowest BCUT2D eigenvalue weighted by Gasteiger charge is -2.23. The normalized spacial score (nSPS) is 30.1. The monoisotopic (exact) mass is 424 g/mol. The van der Waals surface area contributed by atoms with E-state index in [-0.39, 0.29) is 18.6 Å². The minimum absolute atomic E-state index is 0.132. The predicted molar refractivity (Wildman–Crippen MR) is 109 cm³/mol. The highest BCUT2D eigenvalue weighted by molar-refractivity contribution is 6.30. The van der Waals surface area contributed by atoms with Crippen LogP contribution in [0.3, 0.4) is 0 Å². The van der Waals surface area contributed by atoms with Crippen LogP contribution in [0.4, 0.5) is 11.4 Å². The average molecular weight is 425 g/mol. The first-order chi connectivity index (χ1) is 14.5. The number of amides is 2. The van der Waals surface area contributed by atoms with Crippen molar-refractivity contribution < 1.29 is 23.8 Å². The highest BCUT2D eigenvalue weighted by atomic mass is 35.5. The summed E-state index contributed by atoms with van der Waals surface area (Å²) in [6.07, 6.45) is 3.39. The van der Waals surface area contributed by atoms with Crippen LogP contribution < -0.4 is 19.7 Å². The lowest BCUT2D eigenvalue weighted by Crippen LogP contribution is -2.41. The van der Waals surface area contributed by atoms with Gasteiger partial charge in [0.15, 0.2) is 11.5 Å². The van der Waals surface area contributed by atoms with Crippen LogP contribution in [0.25, 0.3) is 0 Å². The largest absolute Gasteiger partial charge is 0.454 e. The molecule has 4 atom stereocenters. The molecule has 1 spiro atoms. The van der Waals surface area contributed by atoms with E-state index in [4.69, 9.17) is 25.8 Å². The summed E-state index contributed by atoms with van der Waals surface area (Å²) in [7, 11) is 0. The first-order valence-electron chi connectivity index (χ1n) is 9.69. The summed E-state index contributed by atoms with van der Waals surface area (Å²) < 4.78 is 17.0. The standard InChI is InChI=1S/C22H17ClN2O5/c23-12-2-1-3-13(8-12)24-20(26)18-16-6-7-22(30-16)10-25(21(27)19(18)22)14-4-5-15-17(9-14)29-11-28-15/h1-9,16,18-19H,10-11H2,(H,24,26)/t16-,18?,19?,22?/m1/s1. The molecule has 2 amide bonds. The van der Waals surface area contributed by atoms with Crippen molar-refractivity contribution in [2.24, 2.45) is 11.8 Å². The third-order valence-electron chi connectivity index (χ3n) is 6.16. The summed E-state index contributed by atoms with van der Waals surface area (Å²) in [5.74, 6) is -0.325. The van der Waals surface area contributed by atoms with E-state index in [1.807, 2.05) is 18.2 Å². The van der Waals surface area contributed by atoms with Crippen LogP contribution in [0.1, 0.15) is 0 Å². The molecule has 4 aliphatic heterocycles. The third-order valence-corrected chi connectivity index (χ3v) is 6.40. The van der Waals surface area contributed by atoms with E-state index in [2.05, 4.69) is 5.32 Å². The maximum atomic E-state index is 13.4. The van der Waals surface area contributed by atoms with E-state index in [0.717, 1.165) is 0 Å². The van der Waals surface area contributed by atoms with Gasteiger partial charge in [0.25, 0.3) is 0 Å². The number of hydrogen-bond donors (Lipinski definition) is 1. The molecular formula is C22H17ClN2O5. The summed E-state index contributed by atoms with van der Waals surface area (Å²) in [5.41, 5.74) is 0.489. The average Bonchev–Trinajstić information content (AvgIpc) is 3.48. The Morgan fingerprint density at radius 3 is 2.90 bits per heavy atom. The SMILES string of the molecule is O=C(Nc1cccc(Cl)c1)C1C2C(=O)N(c3ccc4c(c3)OCO4)CC23C=C[C@H]1O3. The fourth-order valence-corrected chi connectivity index (χ4v) is 5.05. The smallest absolute Gasteiger partial charge is 0.234 e. The van der Waals surface area contributed by atoms with Gasteiger partial charge in [0, 0.05) is 22.5 Å². The molecule has 8 heteroatoms. The summed E-state index contributed by atoms with van der Waals surface area (Å²) in [5, 5.41) is 3.41. The molecule has 2 bridgehead atoms. The van der Waals surface area contributed by atoms with Gasteiger partial charge in [-0.1, -0.05) is 29.8 Å². The molecule has 2 saturated heterocycles. The van der Waals surface area contributed by atoms with Gasteiger partial charge in [-0.05, 0) is 30.3 Å². The lowest BCUT2D eigenvalue weighted by atomic mass is 9.77. The molecule has 7 nitrogen and oxygen atoms in total. The van der Waals surface area contributed by atoms with Gasteiger partial charge in [0.2, 0.25) is 18.6 Å². The Kier molecular flexibility index (Phi) is 3.70. The second-order valence-corrected chi connectivity index (χ2v) is 8.30. The number of fused-ring (bicyclic) bond motifs is 2. The van der Waals surface area contributed by atoms with E-state index < -0.39 is 23.5 Å². The van der Waals surface area contributed by atoms with Crippen molar-refractivity contribution in [1.82, 2.24) is 0 Å². The molecular weight excluding hydrogens is 408 g/mol. The summed E-state index contributed by atoms with van der Waals surface area (Å²) in [4.78, 5) is 28.2. The van der Waals surface area contributed by atoms with E-state index >= 15 is 0 Å². The van der Waals surface area contributed by atoms with Gasteiger partial charge in [-0.2, -0.15) is 0 Å². The number of hydrogen-bond acceptors (Lipinski definition) is 5. The molecule has 0 aromatic heterocycles. The van der Waals surface area contributed by atoms with Crippen molar-refractivity contribution in [3.63, 3.8) is 0 Å². The van der Waals surface area contributed by atoms with Crippen LogP contribution in [-0.4, -0.2) is 36.9 Å². The Morgan fingerprint density at radius 1 is 1.17 bits per heavy atom. The second-order valence-electron chi connectivity index (χ2n) is 7.86. The maximum absolute atomic E-state index is 13.4. The molecule has 2 aromatic carbocycles. The molecule has 2 aromatic rings. The Hall–Kier alpha value is -3.03. The zero-order valence-corrected chi connectivity index (χ0v) is 16.5. The maximum Gasteiger partial charge on any atom is 0.234 e. The van der Waals surface area contributed by atoms with Gasteiger partial charge < -0.3 is 24.4 Å². The molecule has 0 aliphatic carbocycles. The quantitative estimate of drug-likeness (QED) is 0.766. The molecule has 3 unspecified atom stereocenters. The molecule has 1 N–H and O–H groups in total. The Bertz CT molecular complexity index is 1120. The summed E-state index contributed by atoms with van der Waals surface area (Å²) in [6, 6.07) is 12.3. The number of ether oxygens (including phenoxy) is 3. The summed E-state index contributed by atoms with van der Waals surface area (Å²) >= 11 is 6.02. The molecule has 4 heterocycles. The number of rotatable bonds is 3. The molecule has 30 heavy (non-hydrogen) atoms. The summed E-state index contributed by atoms with van der Waals surface area (Å²) in [6.45, 7) is 0.517. The van der Waals surface area contributed by atoms with Gasteiger partial charge in [-0.3, -0.25) is 9.59 Å². The molecule has 6 rings (SSSR count). The van der Waals surface area contributed by atoms with Gasteiger partial charge in [0.05, 0.1) is 24.5 Å². The number of benzene rings is 2. The Balaban J connectivity index is 1.30. The molecule has 0 saturated carbocycles. The molecule has 152 valence electrons. The van der Waals surface area contributed by atoms with Crippen molar-refractivity contribution in [3.8, 4) is 11.5 Å². The minimum atomic E-state index is -0.797. The predicted octanol–water partition coefficient (Wildman–Crippen LogP) is 2.99. The highest BCUT2D eigenvalue weighted by Crippen LogP contribution is 2.53. The van der Waals surface area contributed by atoms with Crippen LogP contribution in [0.2, 0.25) is 5.02 Å². The van der Waals surface area contributed by atoms with Gasteiger partial charge in [-0.15, -0.1) is 0 Å².